The standard InChI is InChI=1S/C12H9Cl2NO/c13-9-3-1-5-11(7-9)15(16)12-6-2-4-10(14)8-12/h1-8,16H/p+1. The molecule has 2 aromatic rings. The van der Waals surface area contributed by atoms with Crippen LogP contribution in [0.1, 0.15) is 0 Å². The average molecular weight is 255 g/mol. The SMILES string of the molecule is O[NH+](c1cccc(Cl)c1)c1cccc(Cl)c1. The first-order valence-corrected chi connectivity index (χ1v) is 5.50. The second-order valence-electron chi connectivity index (χ2n) is 3.37. The first-order chi connectivity index (χ1) is 7.66. The predicted molar refractivity (Wildman–Crippen MR) is 65.0 cm³/mol. The highest BCUT2D eigenvalue weighted by Gasteiger charge is 2.13. The minimum Gasteiger partial charge on any atom is -0.208 e. The monoisotopic (exact) mass is 254 g/mol. The van der Waals surface area contributed by atoms with Crippen molar-refractivity contribution in [2.45, 2.75) is 0 Å². The van der Waals surface area contributed by atoms with Crippen molar-refractivity contribution in [1.29, 1.82) is 0 Å². The lowest BCUT2D eigenvalue weighted by Gasteiger charge is -2.09. The molecule has 0 spiro atoms. The lowest BCUT2D eigenvalue weighted by molar-refractivity contribution is -0.978. The van der Waals surface area contributed by atoms with Gasteiger partial charge in [-0.2, -0.15) is 0 Å². The van der Waals surface area contributed by atoms with Gasteiger partial charge in [0.1, 0.15) is 0 Å². The van der Waals surface area contributed by atoms with E-state index in [0.29, 0.717) is 21.4 Å². The maximum absolute atomic E-state index is 10.0. The smallest absolute Gasteiger partial charge is 0.170 e. The lowest BCUT2D eigenvalue weighted by atomic mass is 10.2. The molecule has 2 aromatic carbocycles. The van der Waals surface area contributed by atoms with Gasteiger partial charge in [0, 0.05) is 34.3 Å². The van der Waals surface area contributed by atoms with Crippen molar-refractivity contribution in [3.8, 4) is 0 Å². The van der Waals surface area contributed by atoms with Crippen molar-refractivity contribution in [2.75, 3.05) is 0 Å². The van der Waals surface area contributed by atoms with E-state index in [-0.39, 0.29) is 5.06 Å². The molecular weight excluding hydrogens is 245 g/mol. The number of quaternary nitrogens is 1. The molecule has 4 heteroatoms. The molecule has 0 aliphatic heterocycles. The zero-order valence-electron chi connectivity index (χ0n) is 8.32. The number of rotatable bonds is 2. The Kier molecular flexibility index (Phi) is 3.46. The summed E-state index contributed by atoms with van der Waals surface area (Å²) in [7, 11) is 0. The molecule has 0 amide bonds. The molecule has 0 radical (unpaired) electrons. The molecule has 16 heavy (non-hydrogen) atoms. The molecule has 2 nitrogen and oxygen atoms in total. The normalized spacial score (nSPS) is 10.8. The Balaban J connectivity index is 2.35. The fraction of sp³-hybridized carbons (Fsp3) is 0. The lowest BCUT2D eigenvalue weighted by Crippen LogP contribution is -2.99. The molecule has 0 fully saturated rings. The zero-order valence-corrected chi connectivity index (χ0v) is 9.83. The number of benzene rings is 2. The summed E-state index contributed by atoms with van der Waals surface area (Å²) in [6.07, 6.45) is 0. The summed E-state index contributed by atoms with van der Waals surface area (Å²) >= 11 is 11.7. The predicted octanol–water partition coefficient (Wildman–Crippen LogP) is 3.23. The van der Waals surface area contributed by atoms with Gasteiger partial charge in [-0.05, 0) is 12.1 Å². The first kappa shape index (κ1) is 11.4. The molecule has 0 bridgehead atoms. The van der Waals surface area contributed by atoms with Crippen molar-refractivity contribution in [2.24, 2.45) is 0 Å². The third-order valence-electron chi connectivity index (χ3n) is 2.20. The van der Waals surface area contributed by atoms with Gasteiger partial charge >= 0.3 is 0 Å². The van der Waals surface area contributed by atoms with E-state index in [1.54, 1.807) is 48.5 Å². The third-order valence-corrected chi connectivity index (χ3v) is 2.67. The third kappa shape index (κ3) is 2.54. The summed E-state index contributed by atoms with van der Waals surface area (Å²) in [4.78, 5) is 0. The molecule has 0 aromatic heterocycles. The van der Waals surface area contributed by atoms with E-state index in [1.165, 1.54) is 0 Å². The van der Waals surface area contributed by atoms with E-state index in [0.717, 1.165) is 0 Å². The highest BCUT2D eigenvalue weighted by atomic mass is 35.5. The van der Waals surface area contributed by atoms with Gasteiger partial charge in [0.25, 0.3) is 0 Å². The van der Waals surface area contributed by atoms with Crippen LogP contribution in [0, 0.1) is 0 Å². The fourth-order valence-corrected chi connectivity index (χ4v) is 1.82. The minimum atomic E-state index is 0.171. The van der Waals surface area contributed by atoms with Gasteiger partial charge in [-0.1, -0.05) is 35.3 Å². The van der Waals surface area contributed by atoms with Crippen LogP contribution in [0.3, 0.4) is 0 Å². The minimum absolute atomic E-state index is 0.171. The molecule has 2 N–H and O–H groups in total. The van der Waals surface area contributed by atoms with E-state index >= 15 is 0 Å². The first-order valence-electron chi connectivity index (χ1n) is 4.74. The number of hydrogen-bond donors (Lipinski definition) is 2. The van der Waals surface area contributed by atoms with E-state index in [9.17, 15) is 5.21 Å². The molecule has 2 rings (SSSR count). The quantitative estimate of drug-likeness (QED) is 0.791. The van der Waals surface area contributed by atoms with Gasteiger partial charge in [0.15, 0.2) is 11.4 Å². The molecule has 0 aliphatic carbocycles. The van der Waals surface area contributed by atoms with Crippen molar-refractivity contribution in [1.82, 2.24) is 0 Å². The Bertz CT molecular complexity index is 456. The van der Waals surface area contributed by atoms with Gasteiger partial charge in [-0.15, -0.1) is 5.06 Å². The van der Waals surface area contributed by atoms with Crippen LogP contribution in [-0.2, 0) is 0 Å². The van der Waals surface area contributed by atoms with Crippen LogP contribution in [0.5, 0.6) is 0 Å². The Morgan fingerprint density at radius 1 is 0.812 bits per heavy atom. The van der Waals surface area contributed by atoms with Crippen molar-refractivity contribution in [3.05, 3.63) is 58.6 Å². The van der Waals surface area contributed by atoms with Crippen LogP contribution in [0.25, 0.3) is 0 Å². The molecule has 0 saturated heterocycles. The fourth-order valence-electron chi connectivity index (χ4n) is 1.44. The molecule has 0 saturated carbocycles. The average Bonchev–Trinajstić information content (AvgIpc) is 2.28. The largest absolute Gasteiger partial charge is 0.208 e. The number of halogens is 2. The molecule has 82 valence electrons. The second-order valence-corrected chi connectivity index (χ2v) is 4.24. The van der Waals surface area contributed by atoms with E-state index in [4.69, 9.17) is 23.2 Å². The van der Waals surface area contributed by atoms with E-state index in [2.05, 4.69) is 0 Å². The molecule has 0 aliphatic rings. The van der Waals surface area contributed by atoms with Crippen molar-refractivity contribution in [3.63, 3.8) is 0 Å². The van der Waals surface area contributed by atoms with Gasteiger partial charge in [0.05, 0.1) is 0 Å². The Labute approximate surface area is 104 Å². The van der Waals surface area contributed by atoms with Gasteiger partial charge in [-0.25, -0.2) is 5.21 Å². The molecule has 0 atom stereocenters. The van der Waals surface area contributed by atoms with Crippen molar-refractivity contribution >= 4 is 34.6 Å². The Morgan fingerprint density at radius 3 is 1.62 bits per heavy atom. The highest BCUT2D eigenvalue weighted by Crippen LogP contribution is 2.16. The number of hydrogen-bond acceptors (Lipinski definition) is 1. The summed E-state index contributed by atoms with van der Waals surface area (Å²) in [5.74, 6) is 0. The van der Waals surface area contributed by atoms with E-state index < -0.39 is 0 Å². The molecule has 0 unspecified atom stereocenters. The van der Waals surface area contributed by atoms with Crippen LogP contribution >= 0.6 is 23.2 Å². The molecule has 0 heterocycles. The zero-order chi connectivity index (χ0) is 11.5. The van der Waals surface area contributed by atoms with Crippen LogP contribution in [0.4, 0.5) is 11.4 Å². The second kappa shape index (κ2) is 4.85. The van der Waals surface area contributed by atoms with Gasteiger partial charge < -0.3 is 0 Å². The van der Waals surface area contributed by atoms with Gasteiger partial charge in [0.2, 0.25) is 0 Å². The summed E-state index contributed by atoms with van der Waals surface area (Å²) in [6.45, 7) is 0. The summed E-state index contributed by atoms with van der Waals surface area (Å²) in [5.41, 5.74) is 1.35. The topological polar surface area (TPSA) is 24.7 Å². The molecular formula is C12H10Cl2NO+. The Hall–Kier alpha value is -1.06. The summed E-state index contributed by atoms with van der Waals surface area (Å²) < 4.78 is 0. The van der Waals surface area contributed by atoms with Crippen LogP contribution in [-0.4, -0.2) is 5.21 Å². The summed E-state index contributed by atoms with van der Waals surface area (Å²) in [5, 5.41) is 11.4. The van der Waals surface area contributed by atoms with Crippen molar-refractivity contribution < 1.29 is 10.3 Å². The van der Waals surface area contributed by atoms with Crippen LogP contribution in [0.15, 0.2) is 48.5 Å². The van der Waals surface area contributed by atoms with Crippen LogP contribution in [0.2, 0.25) is 10.0 Å². The highest BCUT2D eigenvalue weighted by molar-refractivity contribution is 6.31. The van der Waals surface area contributed by atoms with Crippen LogP contribution < -0.4 is 5.06 Å². The maximum atomic E-state index is 10.0. The number of nitrogens with one attached hydrogen (secondary N) is 1. The maximum Gasteiger partial charge on any atom is 0.170 e. The Morgan fingerprint density at radius 2 is 1.25 bits per heavy atom. The van der Waals surface area contributed by atoms with Gasteiger partial charge in [-0.3, -0.25) is 0 Å². The van der Waals surface area contributed by atoms with E-state index in [1.807, 2.05) is 0 Å². The summed E-state index contributed by atoms with van der Waals surface area (Å²) in [6, 6.07) is 14.1.